The maximum absolute atomic E-state index is 12.8. The van der Waals surface area contributed by atoms with E-state index in [1.165, 1.54) is 0 Å². The number of hydrogen-bond acceptors (Lipinski definition) is 5. The summed E-state index contributed by atoms with van der Waals surface area (Å²) in [6.07, 6.45) is 3.24. The van der Waals surface area contributed by atoms with Gasteiger partial charge in [-0.15, -0.1) is 10.2 Å². The molecule has 2 saturated heterocycles. The molecule has 1 unspecified atom stereocenters. The molecular formula is C24H26ClN5O. The molecule has 0 aliphatic carbocycles. The first-order valence-electron chi connectivity index (χ1n) is 11.0. The Balaban J connectivity index is 1.37. The number of piperazine rings is 1. The van der Waals surface area contributed by atoms with Crippen LogP contribution in [0.15, 0.2) is 48.5 Å². The Morgan fingerprint density at radius 1 is 0.935 bits per heavy atom. The zero-order chi connectivity index (χ0) is 21.2. The number of piperidine rings is 1. The minimum absolute atomic E-state index is 0.0143. The van der Waals surface area contributed by atoms with Crippen molar-refractivity contribution < 1.29 is 4.79 Å². The highest BCUT2D eigenvalue weighted by Crippen LogP contribution is 2.32. The molecule has 3 heterocycles. The van der Waals surface area contributed by atoms with E-state index >= 15 is 0 Å². The maximum atomic E-state index is 12.8. The van der Waals surface area contributed by atoms with Gasteiger partial charge in [0, 0.05) is 47.5 Å². The molecule has 0 spiro atoms. The van der Waals surface area contributed by atoms with Crippen LogP contribution in [0.4, 0.5) is 5.82 Å². The number of anilines is 1. The molecule has 5 rings (SSSR count). The van der Waals surface area contributed by atoms with Gasteiger partial charge < -0.3 is 15.1 Å². The van der Waals surface area contributed by atoms with E-state index in [1.807, 2.05) is 41.3 Å². The lowest BCUT2D eigenvalue weighted by molar-refractivity contribution is -0.134. The third-order valence-electron chi connectivity index (χ3n) is 6.28. The van der Waals surface area contributed by atoms with Crippen molar-refractivity contribution in [3.05, 3.63) is 53.6 Å². The molecular weight excluding hydrogens is 410 g/mol. The van der Waals surface area contributed by atoms with Gasteiger partial charge in [-0.05, 0) is 31.5 Å². The molecule has 2 aliphatic heterocycles. The molecule has 1 aromatic heterocycles. The van der Waals surface area contributed by atoms with Crippen LogP contribution in [0, 0.1) is 0 Å². The fourth-order valence-corrected chi connectivity index (χ4v) is 4.69. The summed E-state index contributed by atoms with van der Waals surface area (Å²) in [6, 6.07) is 15.9. The Morgan fingerprint density at radius 3 is 2.39 bits per heavy atom. The first-order chi connectivity index (χ1) is 15.2. The molecule has 0 radical (unpaired) electrons. The Kier molecular flexibility index (Phi) is 5.74. The fraction of sp³-hybridized carbons (Fsp3) is 0.375. The van der Waals surface area contributed by atoms with Crippen molar-refractivity contribution in [1.82, 2.24) is 20.4 Å². The van der Waals surface area contributed by atoms with Crippen molar-refractivity contribution in [3.63, 3.8) is 0 Å². The highest BCUT2D eigenvalue weighted by Gasteiger charge is 2.29. The summed E-state index contributed by atoms with van der Waals surface area (Å²) in [5, 5.41) is 15.4. The zero-order valence-corrected chi connectivity index (χ0v) is 18.2. The summed E-state index contributed by atoms with van der Waals surface area (Å²) in [4.78, 5) is 17.1. The predicted octanol–water partition coefficient (Wildman–Crippen LogP) is 3.74. The molecule has 3 aromatic rings. The van der Waals surface area contributed by atoms with Crippen LogP contribution in [0.5, 0.6) is 0 Å². The fourth-order valence-electron chi connectivity index (χ4n) is 4.57. The summed E-state index contributed by atoms with van der Waals surface area (Å²) >= 11 is 6.05. The van der Waals surface area contributed by atoms with Crippen molar-refractivity contribution >= 4 is 34.1 Å². The van der Waals surface area contributed by atoms with Crippen LogP contribution in [-0.2, 0) is 4.79 Å². The zero-order valence-electron chi connectivity index (χ0n) is 17.4. The van der Waals surface area contributed by atoms with Crippen LogP contribution in [0.1, 0.15) is 19.3 Å². The molecule has 1 amide bonds. The molecule has 2 aromatic carbocycles. The monoisotopic (exact) mass is 435 g/mol. The SMILES string of the molecule is O=C(C1CCCCN1)N1CCN(c2nnc(-c3ccc(Cl)cc3)c3ccccc23)CC1. The third kappa shape index (κ3) is 4.10. The Labute approximate surface area is 187 Å². The minimum Gasteiger partial charge on any atom is -0.351 e. The molecule has 0 bridgehead atoms. The van der Waals surface area contributed by atoms with Crippen LogP contribution in [0.3, 0.4) is 0 Å². The van der Waals surface area contributed by atoms with Gasteiger partial charge in [-0.25, -0.2) is 0 Å². The summed E-state index contributed by atoms with van der Waals surface area (Å²) in [6.45, 7) is 3.89. The van der Waals surface area contributed by atoms with E-state index in [-0.39, 0.29) is 11.9 Å². The topological polar surface area (TPSA) is 61.4 Å². The Hall–Kier alpha value is -2.70. The number of rotatable bonds is 3. The number of nitrogens with one attached hydrogen (secondary N) is 1. The molecule has 160 valence electrons. The van der Waals surface area contributed by atoms with E-state index in [0.29, 0.717) is 18.1 Å². The average molecular weight is 436 g/mol. The van der Waals surface area contributed by atoms with Gasteiger partial charge in [0.1, 0.15) is 5.69 Å². The molecule has 0 saturated carbocycles. The second kappa shape index (κ2) is 8.81. The van der Waals surface area contributed by atoms with Crippen molar-refractivity contribution in [2.75, 3.05) is 37.6 Å². The Bertz CT molecular complexity index is 1070. The van der Waals surface area contributed by atoms with Crippen molar-refractivity contribution in [2.24, 2.45) is 0 Å². The molecule has 6 nitrogen and oxygen atoms in total. The lowest BCUT2D eigenvalue weighted by Gasteiger charge is -2.38. The van der Waals surface area contributed by atoms with E-state index in [4.69, 9.17) is 11.6 Å². The van der Waals surface area contributed by atoms with Crippen LogP contribution in [-0.4, -0.2) is 59.8 Å². The number of halogens is 1. The summed E-state index contributed by atoms with van der Waals surface area (Å²) in [5.74, 6) is 1.13. The van der Waals surface area contributed by atoms with Gasteiger partial charge in [0.15, 0.2) is 5.82 Å². The van der Waals surface area contributed by atoms with Gasteiger partial charge in [-0.3, -0.25) is 4.79 Å². The van der Waals surface area contributed by atoms with Crippen LogP contribution in [0.2, 0.25) is 5.02 Å². The second-order valence-electron chi connectivity index (χ2n) is 8.24. The standard InChI is InChI=1S/C24H26ClN5O/c25-18-10-8-17(9-11-18)22-19-5-1-2-6-20(19)23(28-27-22)29-13-15-30(16-14-29)24(31)21-7-3-4-12-26-21/h1-2,5-6,8-11,21,26H,3-4,7,12-16H2. The molecule has 1 N–H and O–H groups in total. The number of carbonyl (C=O) groups is 1. The second-order valence-corrected chi connectivity index (χ2v) is 8.68. The first kappa shape index (κ1) is 20.2. The number of aromatic nitrogens is 2. The molecule has 31 heavy (non-hydrogen) atoms. The van der Waals surface area contributed by atoms with E-state index in [9.17, 15) is 4.79 Å². The number of carbonyl (C=O) groups excluding carboxylic acids is 1. The van der Waals surface area contributed by atoms with E-state index in [2.05, 4.69) is 32.5 Å². The van der Waals surface area contributed by atoms with Gasteiger partial charge in [0.05, 0.1) is 6.04 Å². The van der Waals surface area contributed by atoms with Crippen molar-refractivity contribution in [3.8, 4) is 11.3 Å². The van der Waals surface area contributed by atoms with Gasteiger partial charge >= 0.3 is 0 Å². The molecule has 1 atom stereocenters. The minimum atomic E-state index is -0.0143. The number of fused-ring (bicyclic) bond motifs is 1. The third-order valence-corrected chi connectivity index (χ3v) is 6.54. The molecule has 2 fully saturated rings. The van der Waals surface area contributed by atoms with Crippen LogP contribution in [0.25, 0.3) is 22.0 Å². The summed E-state index contributed by atoms with van der Waals surface area (Å²) < 4.78 is 0. The number of amides is 1. The lowest BCUT2D eigenvalue weighted by atomic mass is 10.0. The number of hydrogen-bond donors (Lipinski definition) is 1. The van der Waals surface area contributed by atoms with Crippen LogP contribution >= 0.6 is 11.6 Å². The van der Waals surface area contributed by atoms with Crippen LogP contribution < -0.4 is 10.2 Å². The Morgan fingerprint density at radius 2 is 1.68 bits per heavy atom. The predicted molar refractivity (Wildman–Crippen MR) is 124 cm³/mol. The normalized spacial score (nSPS) is 19.6. The van der Waals surface area contributed by atoms with E-state index < -0.39 is 0 Å². The largest absolute Gasteiger partial charge is 0.351 e. The average Bonchev–Trinajstić information content (AvgIpc) is 2.84. The molecule has 2 aliphatic rings. The summed E-state index contributed by atoms with van der Waals surface area (Å²) in [5.41, 5.74) is 1.85. The number of benzene rings is 2. The van der Waals surface area contributed by atoms with E-state index in [1.54, 1.807) is 0 Å². The van der Waals surface area contributed by atoms with E-state index in [0.717, 1.165) is 66.7 Å². The van der Waals surface area contributed by atoms with Gasteiger partial charge in [-0.2, -0.15) is 0 Å². The van der Waals surface area contributed by atoms with Gasteiger partial charge in [0.2, 0.25) is 5.91 Å². The number of nitrogens with zero attached hydrogens (tertiary/aromatic N) is 4. The summed E-state index contributed by atoms with van der Waals surface area (Å²) in [7, 11) is 0. The van der Waals surface area contributed by atoms with Crippen molar-refractivity contribution in [2.45, 2.75) is 25.3 Å². The lowest BCUT2D eigenvalue weighted by Crippen LogP contribution is -2.55. The molecule has 7 heteroatoms. The van der Waals surface area contributed by atoms with Gasteiger partial charge in [-0.1, -0.05) is 54.4 Å². The highest BCUT2D eigenvalue weighted by molar-refractivity contribution is 6.30. The van der Waals surface area contributed by atoms with Crippen molar-refractivity contribution in [1.29, 1.82) is 0 Å². The first-order valence-corrected chi connectivity index (χ1v) is 11.4. The highest BCUT2D eigenvalue weighted by atomic mass is 35.5. The smallest absolute Gasteiger partial charge is 0.239 e. The van der Waals surface area contributed by atoms with Gasteiger partial charge in [0.25, 0.3) is 0 Å². The maximum Gasteiger partial charge on any atom is 0.239 e. The quantitative estimate of drug-likeness (QED) is 0.679.